The Morgan fingerprint density at radius 2 is 0.886 bits per heavy atom. The predicted molar refractivity (Wildman–Crippen MR) is 199 cm³/mol. The normalized spacial score (nSPS) is 12.0. The molecule has 0 aliphatic heterocycles. The average molecular weight is 661 g/mol. The summed E-state index contributed by atoms with van der Waals surface area (Å²) < 4.78 is 17.2. The molecule has 4 heterocycles. The van der Waals surface area contributed by atoms with E-state index in [1.54, 1.807) is 0 Å². The van der Waals surface area contributed by atoms with Crippen LogP contribution in [-0.2, 0) is 22.3 Å². The summed E-state index contributed by atoms with van der Waals surface area (Å²) in [7, 11) is 0. The van der Waals surface area contributed by atoms with Crippen LogP contribution >= 0.6 is 45.3 Å². The molecule has 0 bridgehead atoms. The molecular weight excluding hydrogens is 617 g/mol. The molecule has 0 aliphatic rings. The number of hydrogen-bond donors (Lipinski definition) is 0. The summed E-state index contributed by atoms with van der Waals surface area (Å²) >= 11 is 7.85. The fourth-order valence-corrected chi connectivity index (χ4v) is 11.1. The lowest BCUT2D eigenvalue weighted by Crippen LogP contribution is -1.97. The first kappa shape index (κ1) is 31.9. The zero-order valence-corrected chi connectivity index (χ0v) is 29.4. The summed E-state index contributed by atoms with van der Waals surface area (Å²) in [4.78, 5) is 2.76. The van der Waals surface area contributed by atoms with Crippen LogP contribution in [0.5, 0.6) is 0 Å². The standard InChI is InChI=1S/C38H44O2S4/c1-3-5-21-39-23-9-7-11-27-13-17-29(18-14-27)33-25-31-35-36(43-37(31)41-33)32-26-34(42-38(32)44-35)30-19-15-28(16-20-30)12-8-10-24-40-22-6-4-2/h13-20,25-26H,3-12,21-24H2,1-2H3. The maximum atomic E-state index is 5.71. The van der Waals surface area contributed by atoms with Gasteiger partial charge in [0.2, 0.25) is 0 Å². The largest absolute Gasteiger partial charge is 0.381 e. The van der Waals surface area contributed by atoms with Gasteiger partial charge >= 0.3 is 0 Å². The number of thiophene rings is 4. The minimum atomic E-state index is 0.892. The highest BCUT2D eigenvalue weighted by molar-refractivity contribution is 7.50. The predicted octanol–water partition coefficient (Wildman–Crippen LogP) is 13.0. The number of unbranched alkanes of at least 4 members (excludes halogenated alkanes) is 4. The van der Waals surface area contributed by atoms with Crippen molar-refractivity contribution in [3.63, 3.8) is 0 Å². The Labute approximate surface area is 278 Å². The van der Waals surface area contributed by atoms with Crippen molar-refractivity contribution in [3.8, 4) is 20.9 Å². The minimum absolute atomic E-state index is 0.892. The molecule has 6 heteroatoms. The van der Waals surface area contributed by atoms with Gasteiger partial charge in [0.1, 0.15) is 0 Å². The van der Waals surface area contributed by atoms with Gasteiger partial charge in [0, 0.05) is 47.0 Å². The lowest BCUT2D eigenvalue weighted by atomic mass is 10.1. The second-order valence-corrected chi connectivity index (χ2v) is 16.4. The van der Waals surface area contributed by atoms with E-state index in [1.807, 2.05) is 45.3 Å². The highest BCUT2D eigenvalue weighted by Gasteiger charge is 2.18. The van der Waals surface area contributed by atoms with Crippen molar-refractivity contribution < 1.29 is 9.47 Å². The molecule has 232 valence electrons. The maximum Gasteiger partial charge on any atom is 0.0892 e. The number of aryl methyl sites for hydroxylation is 2. The Morgan fingerprint density at radius 1 is 0.477 bits per heavy atom. The molecule has 0 spiro atoms. The molecule has 0 aliphatic carbocycles. The second kappa shape index (κ2) is 16.0. The van der Waals surface area contributed by atoms with Gasteiger partial charge in [-0.1, -0.05) is 75.2 Å². The average Bonchev–Trinajstić information content (AvgIpc) is 3.80. The first-order chi connectivity index (χ1) is 21.7. The molecule has 6 rings (SSSR count). The van der Waals surface area contributed by atoms with Crippen LogP contribution < -0.4 is 0 Å². The summed E-state index contributed by atoms with van der Waals surface area (Å²) in [5, 5.41) is 2.87. The number of hydrogen-bond acceptors (Lipinski definition) is 6. The van der Waals surface area contributed by atoms with Crippen molar-refractivity contribution in [1.82, 2.24) is 0 Å². The van der Waals surface area contributed by atoms with Crippen LogP contribution in [-0.4, -0.2) is 26.4 Å². The van der Waals surface area contributed by atoms with E-state index in [-0.39, 0.29) is 0 Å². The van der Waals surface area contributed by atoms with Gasteiger partial charge in [-0.3, -0.25) is 0 Å². The SMILES string of the molecule is CCCCOCCCCc1ccc(-c2cc3c(s2)sc2c4cc(-c5ccc(CCCCOCCCC)cc5)sc4sc32)cc1. The van der Waals surface area contributed by atoms with Crippen LogP contribution in [0.3, 0.4) is 0 Å². The van der Waals surface area contributed by atoms with Crippen LogP contribution in [0.25, 0.3) is 49.1 Å². The number of rotatable bonds is 18. The highest BCUT2D eigenvalue weighted by atomic mass is 32.2. The molecule has 0 radical (unpaired) electrons. The molecule has 0 N–H and O–H groups in total. The molecule has 4 aromatic heterocycles. The van der Waals surface area contributed by atoms with Gasteiger partial charge in [0.25, 0.3) is 0 Å². The molecule has 0 saturated carbocycles. The molecule has 6 aromatic rings. The Kier molecular flexibility index (Phi) is 11.6. The van der Waals surface area contributed by atoms with Crippen LogP contribution in [0.15, 0.2) is 60.7 Å². The third-order valence-corrected chi connectivity index (χ3v) is 13.4. The van der Waals surface area contributed by atoms with Crippen LogP contribution in [0.2, 0.25) is 0 Å². The summed E-state index contributed by atoms with van der Waals surface area (Å²) in [6.45, 7) is 8.02. The van der Waals surface area contributed by atoms with Crippen molar-refractivity contribution in [3.05, 3.63) is 71.8 Å². The maximum absolute atomic E-state index is 5.71. The second-order valence-electron chi connectivity index (χ2n) is 11.7. The molecule has 0 saturated heterocycles. The minimum Gasteiger partial charge on any atom is -0.381 e. The first-order valence-electron chi connectivity index (χ1n) is 16.5. The monoisotopic (exact) mass is 660 g/mol. The van der Waals surface area contributed by atoms with Crippen LogP contribution in [0.1, 0.15) is 76.3 Å². The zero-order valence-electron chi connectivity index (χ0n) is 26.1. The first-order valence-corrected chi connectivity index (χ1v) is 19.7. The van der Waals surface area contributed by atoms with Gasteiger partial charge in [0.05, 0.1) is 17.4 Å². The number of benzene rings is 2. The zero-order chi connectivity index (χ0) is 30.1. The fourth-order valence-electron chi connectivity index (χ4n) is 5.57. The van der Waals surface area contributed by atoms with Gasteiger partial charge in [-0.25, -0.2) is 0 Å². The van der Waals surface area contributed by atoms with Gasteiger partial charge in [0.15, 0.2) is 0 Å². The molecule has 0 unspecified atom stereocenters. The van der Waals surface area contributed by atoms with Crippen molar-refractivity contribution in [1.29, 1.82) is 0 Å². The van der Waals surface area contributed by atoms with Crippen molar-refractivity contribution >= 4 is 73.5 Å². The van der Waals surface area contributed by atoms with Crippen molar-refractivity contribution in [2.75, 3.05) is 26.4 Å². The molecule has 2 aromatic carbocycles. The molecule has 2 nitrogen and oxygen atoms in total. The third-order valence-electron chi connectivity index (χ3n) is 8.25. The molecular formula is C38H44O2S4. The number of ether oxygens (including phenoxy) is 2. The Bertz CT molecular complexity index is 1600. The number of fused-ring (bicyclic) bond motifs is 5. The summed E-state index contributed by atoms with van der Waals surface area (Å²) in [6.07, 6.45) is 11.7. The van der Waals surface area contributed by atoms with Crippen LogP contribution in [0, 0.1) is 0 Å². The van der Waals surface area contributed by atoms with Gasteiger partial charge in [-0.2, -0.15) is 0 Å². The van der Waals surface area contributed by atoms with Gasteiger partial charge in [-0.05, 0) is 85.8 Å². The van der Waals surface area contributed by atoms with E-state index in [0.717, 1.165) is 52.1 Å². The van der Waals surface area contributed by atoms with E-state index in [4.69, 9.17) is 9.47 Å². The van der Waals surface area contributed by atoms with E-state index in [9.17, 15) is 0 Å². The van der Waals surface area contributed by atoms with E-state index in [1.165, 1.54) is 98.7 Å². The van der Waals surface area contributed by atoms with E-state index < -0.39 is 0 Å². The Hall–Kier alpha value is -2.06. The topological polar surface area (TPSA) is 18.5 Å². The molecule has 0 atom stereocenters. The summed E-state index contributed by atoms with van der Waals surface area (Å²) in [5.74, 6) is 0. The Balaban J connectivity index is 1.06. The lowest BCUT2D eigenvalue weighted by molar-refractivity contribution is 0.127. The molecule has 0 fully saturated rings. The lowest BCUT2D eigenvalue weighted by Gasteiger charge is -2.05. The van der Waals surface area contributed by atoms with Crippen molar-refractivity contribution in [2.45, 2.75) is 78.1 Å². The van der Waals surface area contributed by atoms with Crippen LogP contribution in [0.4, 0.5) is 0 Å². The third kappa shape index (κ3) is 7.83. The quantitative estimate of drug-likeness (QED) is 0.0854. The van der Waals surface area contributed by atoms with E-state index >= 15 is 0 Å². The fraction of sp³-hybridized carbons (Fsp3) is 0.421. The van der Waals surface area contributed by atoms with E-state index in [0.29, 0.717) is 0 Å². The smallest absolute Gasteiger partial charge is 0.0892 e. The Morgan fingerprint density at radius 3 is 1.30 bits per heavy atom. The summed E-state index contributed by atoms with van der Waals surface area (Å²) in [6, 6.07) is 23.4. The molecule has 0 amide bonds. The van der Waals surface area contributed by atoms with Gasteiger partial charge < -0.3 is 9.47 Å². The highest BCUT2D eigenvalue weighted by Crippen LogP contribution is 2.51. The van der Waals surface area contributed by atoms with E-state index in [2.05, 4.69) is 74.5 Å². The summed E-state index contributed by atoms with van der Waals surface area (Å²) in [5.41, 5.74) is 5.52. The molecule has 44 heavy (non-hydrogen) atoms. The van der Waals surface area contributed by atoms with Crippen molar-refractivity contribution in [2.24, 2.45) is 0 Å². The van der Waals surface area contributed by atoms with Gasteiger partial charge in [-0.15, -0.1) is 45.3 Å².